The summed E-state index contributed by atoms with van der Waals surface area (Å²) in [7, 11) is 0. The van der Waals surface area contributed by atoms with Gasteiger partial charge in [0.15, 0.2) is 12.5 Å². The van der Waals surface area contributed by atoms with Crippen molar-refractivity contribution in [1.82, 2.24) is 14.9 Å². The molecule has 0 radical (unpaired) electrons. The SMILES string of the molecule is O=C(Nc1ccn([C@@H]2O[C@H](COCC3CCCC3C(=O)O)C3O[C@H](/C=C/c4ccccc4)O[C@@H]32)c(=O)n1)NC1CC1. The van der Waals surface area contributed by atoms with Crippen LogP contribution in [0.1, 0.15) is 43.9 Å². The van der Waals surface area contributed by atoms with E-state index in [0.717, 1.165) is 31.2 Å². The largest absolute Gasteiger partial charge is 0.481 e. The number of hydrogen-bond donors (Lipinski definition) is 3. The average Bonchev–Trinajstić information content (AvgIpc) is 3.33. The van der Waals surface area contributed by atoms with Gasteiger partial charge in [-0.05, 0) is 49.3 Å². The Bertz CT molecular complexity index is 1330. The Morgan fingerprint density at radius 3 is 2.61 bits per heavy atom. The van der Waals surface area contributed by atoms with Gasteiger partial charge in [0, 0.05) is 12.2 Å². The average molecular weight is 567 g/mol. The lowest BCUT2D eigenvalue weighted by molar-refractivity contribution is -0.147. The third-order valence-corrected chi connectivity index (χ3v) is 7.96. The lowest BCUT2D eigenvalue weighted by atomic mass is 9.97. The minimum absolute atomic E-state index is 0.0493. The van der Waals surface area contributed by atoms with Gasteiger partial charge in [0.05, 0.1) is 19.1 Å². The van der Waals surface area contributed by atoms with Crippen molar-refractivity contribution in [3.63, 3.8) is 0 Å². The number of carboxylic acids is 1. The number of carbonyl (C=O) groups is 2. The molecular formula is C29H34N4O8. The summed E-state index contributed by atoms with van der Waals surface area (Å²) >= 11 is 0. The van der Waals surface area contributed by atoms with Gasteiger partial charge >= 0.3 is 17.7 Å². The Balaban J connectivity index is 1.15. The molecule has 2 aliphatic heterocycles. The minimum atomic E-state index is -0.837. The van der Waals surface area contributed by atoms with E-state index in [4.69, 9.17) is 18.9 Å². The Morgan fingerprint density at radius 1 is 1.05 bits per heavy atom. The molecule has 4 fully saturated rings. The van der Waals surface area contributed by atoms with Crippen LogP contribution in [0, 0.1) is 11.8 Å². The van der Waals surface area contributed by atoms with Crippen molar-refractivity contribution in [3.8, 4) is 0 Å². The van der Waals surface area contributed by atoms with Crippen molar-refractivity contribution < 1.29 is 33.6 Å². The maximum atomic E-state index is 13.0. The highest BCUT2D eigenvalue weighted by Gasteiger charge is 2.53. The Labute approximate surface area is 236 Å². The highest BCUT2D eigenvalue weighted by atomic mass is 16.8. The molecular weight excluding hydrogens is 532 g/mol. The number of ether oxygens (including phenoxy) is 4. The molecule has 4 aliphatic rings. The van der Waals surface area contributed by atoms with Gasteiger partial charge in [0.25, 0.3) is 0 Å². The first-order valence-corrected chi connectivity index (χ1v) is 14.1. The van der Waals surface area contributed by atoms with Gasteiger partial charge in [0.2, 0.25) is 0 Å². The third kappa shape index (κ3) is 6.51. The number of urea groups is 1. The number of anilines is 1. The van der Waals surface area contributed by atoms with Gasteiger partial charge in [-0.1, -0.05) is 42.8 Å². The van der Waals surface area contributed by atoms with Crippen molar-refractivity contribution in [2.75, 3.05) is 18.5 Å². The molecule has 1 aromatic carbocycles. The maximum absolute atomic E-state index is 13.0. The number of benzene rings is 1. The lowest BCUT2D eigenvalue weighted by Crippen LogP contribution is -2.36. The van der Waals surface area contributed by atoms with Gasteiger partial charge < -0.3 is 29.4 Å². The van der Waals surface area contributed by atoms with E-state index >= 15 is 0 Å². The van der Waals surface area contributed by atoms with Gasteiger partial charge in [-0.3, -0.25) is 14.7 Å². The fraction of sp³-hybridized carbons (Fsp3) is 0.517. The topological polar surface area (TPSA) is 150 Å². The number of hydrogen-bond acceptors (Lipinski definition) is 8. The first kappa shape index (κ1) is 27.6. The zero-order valence-corrected chi connectivity index (χ0v) is 22.5. The highest BCUT2D eigenvalue weighted by Crippen LogP contribution is 2.40. The molecule has 12 nitrogen and oxygen atoms in total. The zero-order valence-electron chi connectivity index (χ0n) is 22.5. The summed E-state index contributed by atoms with van der Waals surface area (Å²) < 4.78 is 25.9. The fourth-order valence-electron chi connectivity index (χ4n) is 5.70. The standard InChI is InChI=1S/C29H34N4O8/c34-27(35)20-8-4-7-18(20)15-38-16-21-24-25(41-23(40-24)12-9-17-5-2-1-3-6-17)26(39-21)33-14-13-22(32-29(33)37)31-28(36)30-19-10-11-19/h1-3,5-6,9,12-14,18-21,23-26H,4,7-8,10-11,15-16H2,(H,34,35)(H2,30,31,32,36,37)/b12-9+/t18?,20?,21-,23+,24?,25+,26-/m1/s1. The summed E-state index contributed by atoms with van der Waals surface area (Å²) in [6.45, 7) is 0.462. The molecule has 2 saturated heterocycles. The number of aliphatic carboxylic acids is 1. The molecule has 3 heterocycles. The van der Waals surface area contributed by atoms with Gasteiger partial charge in [-0.25, -0.2) is 9.59 Å². The Kier molecular flexibility index (Phi) is 8.15. The van der Waals surface area contributed by atoms with Gasteiger partial charge in [0.1, 0.15) is 24.1 Å². The number of rotatable bonds is 10. The normalized spacial score (nSPS) is 30.9. The van der Waals surface area contributed by atoms with Crippen LogP contribution in [0.5, 0.6) is 0 Å². The molecule has 0 bridgehead atoms. The molecule has 2 aromatic rings. The number of amides is 2. The minimum Gasteiger partial charge on any atom is -0.481 e. The smallest absolute Gasteiger partial charge is 0.351 e. The molecule has 3 unspecified atom stereocenters. The molecule has 218 valence electrons. The van der Waals surface area contributed by atoms with Crippen LogP contribution in [0.15, 0.2) is 53.5 Å². The van der Waals surface area contributed by atoms with E-state index in [-0.39, 0.29) is 24.4 Å². The van der Waals surface area contributed by atoms with Gasteiger partial charge in [-0.2, -0.15) is 4.98 Å². The van der Waals surface area contributed by atoms with Crippen LogP contribution in [0.25, 0.3) is 6.08 Å². The van der Waals surface area contributed by atoms with Crippen LogP contribution in [-0.4, -0.2) is 70.5 Å². The number of fused-ring (bicyclic) bond motifs is 1. The number of nitrogens with zero attached hydrogens (tertiary/aromatic N) is 2. The van der Waals surface area contributed by atoms with E-state index in [0.29, 0.717) is 13.0 Å². The first-order chi connectivity index (χ1) is 19.9. The Morgan fingerprint density at radius 2 is 1.85 bits per heavy atom. The van der Waals surface area contributed by atoms with E-state index < -0.39 is 54.4 Å². The van der Waals surface area contributed by atoms with Gasteiger partial charge in [-0.15, -0.1) is 0 Å². The van der Waals surface area contributed by atoms with E-state index in [2.05, 4.69) is 15.6 Å². The summed E-state index contributed by atoms with van der Waals surface area (Å²) in [6.07, 6.45) is 6.24. The van der Waals surface area contributed by atoms with Crippen molar-refractivity contribution in [2.24, 2.45) is 11.8 Å². The molecule has 7 atom stereocenters. The summed E-state index contributed by atoms with van der Waals surface area (Å²) in [5, 5.41) is 14.9. The van der Waals surface area contributed by atoms with Crippen molar-refractivity contribution in [3.05, 3.63) is 64.7 Å². The number of carbonyl (C=O) groups excluding carboxylic acids is 1. The summed E-state index contributed by atoms with van der Waals surface area (Å²) in [5.41, 5.74) is 0.380. The molecule has 2 amide bonds. The molecule has 0 spiro atoms. The van der Waals surface area contributed by atoms with Crippen LogP contribution in [-0.2, 0) is 23.7 Å². The van der Waals surface area contributed by atoms with Crippen LogP contribution in [0.2, 0.25) is 0 Å². The predicted molar refractivity (Wildman–Crippen MR) is 146 cm³/mol. The molecule has 2 aliphatic carbocycles. The predicted octanol–water partition coefficient (Wildman–Crippen LogP) is 2.77. The lowest BCUT2D eigenvalue weighted by Gasteiger charge is -2.22. The second-order valence-corrected chi connectivity index (χ2v) is 11.0. The van der Waals surface area contributed by atoms with E-state index in [1.807, 2.05) is 42.5 Å². The fourth-order valence-corrected chi connectivity index (χ4v) is 5.70. The van der Waals surface area contributed by atoms with Crippen LogP contribution in [0.4, 0.5) is 10.6 Å². The molecule has 41 heavy (non-hydrogen) atoms. The quantitative estimate of drug-likeness (QED) is 0.394. The second-order valence-electron chi connectivity index (χ2n) is 11.0. The summed E-state index contributed by atoms with van der Waals surface area (Å²) in [5.74, 6) is -1.10. The van der Waals surface area contributed by atoms with Crippen molar-refractivity contribution >= 4 is 23.9 Å². The number of nitrogens with one attached hydrogen (secondary N) is 2. The zero-order chi connectivity index (χ0) is 28.3. The molecule has 1 aromatic heterocycles. The highest BCUT2D eigenvalue weighted by molar-refractivity contribution is 5.88. The monoisotopic (exact) mass is 566 g/mol. The molecule has 12 heteroatoms. The summed E-state index contributed by atoms with van der Waals surface area (Å²) in [4.78, 5) is 40.7. The third-order valence-electron chi connectivity index (χ3n) is 7.96. The van der Waals surface area contributed by atoms with E-state index in [1.165, 1.54) is 16.8 Å². The van der Waals surface area contributed by atoms with Crippen LogP contribution >= 0.6 is 0 Å². The molecule has 2 saturated carbocycles. The first-order valence-electron chi connectivity index (χ1n) is 14.1. The molecule has 3 N–H and O–H groups in total. The van der Waals surface area contributed by atoms with Crippen molar-refractivity contribution in [1.29, 1.82) is 0 Å². The second kappa shape index (κ2) is 12.1. The van der Waals surface area contributed by atoms with Crippen molar-refractivity contribution in [2.45, 2.75) is 69.0 Å². The van der Waals surface area contributed by atoms with Crippen LogP contribution < -0.4 is 16.3 Å². The number of carboxylic acid groups (broad SMARTS) is 1. The Hall–Kier alpha value is -3.58. The van der Waals surface area contributed by atoms with Crippen LogP contribution in [0.3, 0.4) is 0 Å². The molecule has 6 rings (SSSR count). The van der Waals surface area contributed by atoms with E-state index in [9.17, 15) is 19.5 Å². The van der Waals surface area contributed by atoms with E-state index in [1.54, 1.807) is 0 Å². The summed E-state index contributed by atoms with van der Waals surface area (Å²) in [6, 6.07) is 11.0. The maximum Gasteiger partial charge on any atom is 0.351 e. The number of aromatic nitrogens is 2.